The van der Waals surface area contributed by atoms with Crippen LogP contribution in [0, 0.1) is 16.2 Å². The Kier molecular flexibility index (Phi) is 8.22. The van der Waals surface area contributed by atoms with Crippen LogP contribution in [0.25, 0.3) is 32.3 Å². The molecule has 3 aromatic heterocycles. The molecule has 0 radical (unpaired) electrons. The molecule has 0 fully saturated rings. The lowest BCUT2D eigenvalue weighted by Crippen LogP contribution is -2.51. The zero-order valence-electron chi connectivity index (χ0n) is 35.6. The Balaban J connectivity index is 1.14. The molecular weight excluding hydrogens is 763 g/mol. The van der Waals surface area contributed by atoms with E-state index in [1.807, 2.05) is 18.6 Å². The molecule has 4 aromatic carbocycles. The third kappa shape index (κ3) is 5.98. The van der Waals surface area contributed by atoms with Crippen LogP contribution in [-0.4, -0.2) is 62.3 Å². The van der Waals surface area contributed by atoms with Crippen LogP contribution in [-0.2, 0) is 19.6 Å². The first-order valence-corrected chi connectivity index (χ1v) is 20.7. The normalized spacial score (nSPS) is 22.1. The van der Waals surface area contributed by atoms with Crippen LogP contribution in [0.15, 0.2) is 73.6 Å². The molecule has 60 heavy (non-hydrogen) atoms. The third-order valence-corrected chi connectivity index (χ3v) is 12.6. The Morgan fingerprint density at radius 2 is 0.600 bits per heavy atom. The molecule has 0 aliphatic carbocycles. The summed E-state index contributed by atoms with van der Waals surface area (Å²) in [6.45, 7) is 21.0. The van der Waals surface area contributed by atoms with Crippen molar-refractivity contribution in [1.29, 1.82) is 0 Å². The van der Waals surface area contributed by atoms with Gasteiger partial charge in [0.2, 0.25) is 0 Å². The fraction of sp³-hybridized carbons (Fsp3) is 0.467. The number of nitrogens with zero attached hydrogens (tertiary/aromatic N) is 9. The highest BCUT2D eigenvalue weighted by molar-refractivity contribution is 6.27. The van der Waals surface area contributed by atoms with Gasteiger partial charge in [0.15, 0.2) is 34.5 Å². The molecule has 0 saturated heterocycles. The number of aryl methyl sites for hydroxylation is 3. The summed E-state index contributed by atoms with van der Waals surface area (Å²) in [5.41, 5.74) is -1.19. The predicted octanol–water partition coefficient (Wildman–Crippen LogP) is 8.73. The van der Waals surface area contributed by atoms with E-state index in [2.05, 4.69) is 130 Å². The van der Waals surface area contributed by atoms with E-state index < -0.39 is 33.6 Å². The molecule has 0 spiro atoms. The lowest BCUT2D eigenvalue weighted by atomic mass is 9.83. The summed E-state index contributed by atoms with van der Waals surface area (Å²) in [5, 5.41) is 30.5. The van der Waals surface area contributed by atoms with Crippen LogP contribution in [0.5, 0.6) is 34.5 Å². The van der Waals surface area contributed by atoms with Gasteiger partial charge in [-0.3, -0.25) is 14.0 Å². The van der Waals surface area contributed by atoms with Crippen molar-refractivity contribution in [2.45, 2.75) is 119 Å². The first-order chi connectivity index (χ1) is 28.5. The minimum atomic E-state index is -0.965. The number of rotatable bonds is 9. The first kappa shape index (κ1) is 38.1. The van der Waals surface area contributed by atoms with Crippen molar-refractivity contribution in [1.82, 2.24) is 45.0 Å². The van der Waals surface area contributed by atoms with Crippen LogP contribution < -0.4 is 28.4 Å². The SMILES string of the molecule is CC(C)(C)C1(CCn2ccnn2)Oc2cc3c4cc5c(cc4c4cc6c(cc4c3cc2O1)OC(CCn1ccnn1)(C(C)(C)C)O6)OC(CCn1ccnn1)(C(C)(C)C)O5. The Bertz CT molecular complexity index is 2310. The van der Waals surface area contributed by atoms with Gasteiger partial charge in [0.25, 0.3) is 17.4 Å². The molecule has 15 heteroatoms. The maximum absolute atomic E-state index is 6.95. The van der Waals surface area contributed by atoms with E-state index in [0.717, 1.165) is 32.3 Å². The standard InChI is InChI=1S/C45H51N9O6/c1-40(2,3)43(10-16-52-19-13-46-49-52)55-34-22-28-29(23-35(34)56-43)31-25-37-39(60-45(58-37,42(7,8)9)12-18-54-21-15-48-51-54)27-33(31)32-26-38-36(24-30(28)32)57-44(59-38,41(4,5)6)11-17-53-20-14-47-50-53/h13-15,19-27H,10-12,16-18H2,1-9H3. The number of hydrogen-bond acceptors (Lipinski definition) is 12. The maximum Gasteiger partial charge on any atom is 0.258 e. The Morgan fingerprint density at radius 1 is 0.383 bits per heavy atom. The zero-order chi connectivity index (χ0) is 41.9. The maximum atomic E-state index is 6.95. The van der Waals surface area contributed by atoms with Gasteiger partial charge in [0, 0.05) is 54.1 Å². The minimum Gasteiger partial charge on any atom is -0.448 e. The van der Waals surface area contributed by atoms with Crippen molar-refractivity contribution in [2.75, 3.05) is 0 Å². The monoisotopic (exact) mass is 813 g/mol. The van der Waals surface area contributed by atoms with E-state index >= 15 is 0 Å². The summed E-state index contributed by atoms with van der Waals surface area (Å²) in [4.78, 5) is 0. The van der Waals surface area contributed by atoms with Gasteiger partial charge in [0.1, 0.15) is 0 Å². The van der Waals surface area contributed by atoms with Crippen LogP contribution in [0.3, 0.4) is 0 Å². The van der Waals surface area contributed by atoms with Crippen molar-refractivity contribution in [3.05, 3.63) is 73.6 Å². The van der Waals surface area contributed by atoms with Gasteiger partial charge in [-0.05, 0) is 68.7 Å². The third-order valence-electron chi connectivity index (χ3n) is 12.6. The molecular formula is C45H51N9O6. The molecule has 0 atom stereocenters. The van der Waals surface area contributed by atoms with Gasteiger partial charge in [-0.2, -0.15) is 0 Å². The minimum absolute atomic E-state index is 0.397. The van der Waals surface area contributed by atoms with Crippen molar-refractivity contribution in [3.63, 3.8) is 0 Å². The van der Waals surface area contributed by atoms with E-state index in [9.17, 15) is 0 Å². The number of benzene rings is 4. The smallest absolute Gasteiger partial charge is 0.258 e. The Morgan fingerprint density at radius 3 is 0.767 bits per heavy atom. The van der Waals surface area contributed by atoms with Crippen molar-refractivity contribution >= 4 is 32.3 Å². The molecule has 10 rings (SSSR count). The molecule has 0 N–H and O–H groups in total. The van der Waals surface area contributed by atoms with E-state index in [1.54, 1.807) is 32.6 Å². The van der Waals surface area contributed by atoms with Gasteiger partial charge in [-0.1, -0.05) is 78.0 Å². The molecule has 6 heterocycles. The second-order valence-corrected chi connectivity index (χ2v) is 19.4. The second-order valence-electron chi connectivity index (χ2n) is 19.4. The van der Waals surface area contributed by atoms with Gasteiger partial charge in [0.05, 0.1) is 38.2 Å². The summed E-state index contributed by atoms with van der Waals surface area (Å²) >= 11 is 0. The molecule has 0 amide bonds. The van der Waals surface area contributed by atoms with Gasteiger partial charge >= 0.3 is 0 Å². The highest BCUT2D eigenvalue weighted by Gasteiger charge is 2.54. The molecule has 312 valence electrons. The molecule has 3 aliphatic heterocycles. The number of hydrogen-bond donors (Lipinski definition) is 0. The number of fused-ring (bicyclic) bond motifs is 9. The van der Waals surface area contributed by atoms with E-state index in [1.165, 1.54) is 0 Å². The highest BCUT2D eigenvalue weighted by atomic mass is 16.7. The summed E-state index contributed by atoms with van der Waals surface area (Å²) in [6, 6.07) is 12.7. The average molecular weight is 814 g/mol. The molecule has 15 nitrogen and oxygen atoms in total. The van der Waals surface area contributed by atoms with Crippen molar-refractivity contribution in [2.24, 2.45) is 16.2 Å². The quantitative estimate of drug-likeness (QED) is 0.128. The second kappa shape index (κ2) is 12.9. The fourth-order valence-corrected chi connectivity index (χ4v) is 8.81. The average Bonchev–Trinajstić information content (AvgIpc) is 4.04. The van der Waals surface area contributed by atoms with Gasteiger partial charge in [-0.15, -0.1) is 15.3 Å². The first-order valence-electron chi connectivity index (χ1n) is 20.7. The van der Waals surface area contributed by atoms with Crippen LogP contribution in [0.4, 0.5) is 0 Å². The molecule has 0 bridgehead atoms. The van der Waals surface area contributed by atoms with Crippen molar-refractivity contribution < 1.29 is 28.4 Å². The van der Waals surface area contributed by atoms with Gasteiger partial charge in [-0.25, -0.2) is 0 Å². The summed E-state index contributed by atoms with van der Waals surface area (Å²) in [7, 11) is 0. The number of aromatic nitrogens is 9. The van der Waals surface area contributed by atoms with Crippen LogP contribution >= 0.6 is 0 Å². The topological polar surface area (TPSA) is 148 Å². The largest absolute Gasteiger partial charge is 0.448 e. The summed E-state index contributed by atoms with van der Waals surface area (Å²) in [6.07, 6.45) is 12.3. The molecule has 7 aromatic rings. The van der Waals surface area contributed by atoms with E-state index in [-0.39, 0.29) is 0 Å². The summed E-state index contributed by atoms with van der Waals surface area (Å²) < 4.78 is 47.1. The van der Waals surface area contributed by atoms with Crippen molar-refractivity contribution in [3.8, 4) is 34.5 Å². The lowest BCUT2D eigenvalue weighted by Gasteiger charge is -2.39. The number of ether oxygens (including phenoxy) is 6. The fourth-order valence-electron chi connectivity index (χ4n) is 8.81. The highest BCUT2D eigenvalue weighted by Crippen LogP contribution is 2.57. The van der Waals surface area contributed by atoms with E-state index in [0.29, 0.717) is 73.4 Å². The van der Waals surface area contributed by atoms with Crippen LogP contribution in [0.2, 0.25) is 0 Å². The predicted molar refractivity (Wildman–Crippen MR) is 223 cm³/mol. The summed E-state index contributed by atoms with van der Waals surface area (Å²) in [5.74, 6) is 1.14. The van der Waals surface area contributed by atoms with E-state index in [4.69, 9.17) is 28.4 Å². The molecule has 0 saturated carbocycles. The van der Waals surface area contributed by atoms with Gasteiger partial charge < -0.3 is 28.4 Å². The molecule has 0 unspecified atom stereocenters. The molecule has 3 aliphatic rings. The van der Waals surface area contributed by atoms with Crippen LogP contribution in [0.1, 0.15) is 81.6 Å². The Labute approximate surface area is 347 Å². The zero-order valence-corrected chi connectivity index (χ0v) is 35.6. The Hall–Kier alpha value is -6.12. The lowest BCUT2D eigenvalue weighted by molar-refractivity contribution is -0.166.